The number of ketones is 1. The third kappa shape index (κ3) is 4.58. The van der Waals surface area contributed by atoms with Gasteiger partial charge in [0.15, 0.2) is 0 Å². The Morgan fingerprint density at radius 1 is 1.10 bits per heavy atom. The van der Waals surface area contributed by atoms with E-state index in [1.807, 2.05) is 24.3 Å². The van der Waals surface area contributed by atoms with Crippen LogP contribution < -0.4 is 11.1 Å². The molecule has 3 rings (SSSR count). The molecule has 0 fully saturated rings. The summed E-state index contributed by atoms with van der Waals surface area (Å²) < 4.78 is 0. The summed E-state index contributed by atoms with van der Waals surface area (Å²) in [4.78, 5) is 13.4. The van der Waals surface area contributed by atoms with Gasteiger partial charge in [0.2, 0.25) is 0 Å². The minimum Gasteiger partial charge on any atom is -0.397 e. The van der Waals surface area contributed by atoms with Crippen molar-refractivity contribution in [3.05, 3.63) is 88.7 Å². The number of nitrogens with two attached hydrogens (primary N) is 1. The first kappa shape index (κ1) is 21.7. The van der Waals surface area contributed by atoms with Gasteiger partial charge in [-0.1, -0.05) is 62.0 Å². The van der Waals surface area contributed by atoms with Gasteiger partial charge in [-0.2, -0.15) is 0 Å². The van der Waals surface area contributed by atoms with Crippen molar-refractivity contribution in [2.75, 3.05) is 6.54 Å². The lowest BCUT2D eigenvalue weighted by Gasteiger charge is -2.21. The molecule has 0 aliphatic heterocycles. The lowest BCUT2D eigenvalue weighted by atomic mass is 9.84. The standard InChI is InChI=1S/C27H32N2O/c1-4-19(5-2)15-18-25(30)23-17-16-20-11-7-8-12-21(20)26(28)27(29-6-3)24-14-10-9-13-22(23)24/h7-14,23,29H,1,5-6,15-18,28H2,2-3H3/b27-26-/t23-/m0/s1. The molecule has 0 unspecified atom stereocenters. The van der Waals surface area contributed by atoms with E-state index in [0.29, 0.717) is 6.42 Å². The highest BCUT2D eigenvalue weighted by Gasteiger charge is 2.27. The fourth-order valence-electron chi connectivity index (χ4n) is 4.30. The van der Waals surface area contributed by atoms with Crippen LogP contribution >= 0.6 is 0 Å². The Bertz CT molecular complexity index is 995. The first-order valence-corrected chi connectivity index (χ1v) is 10.9. The van der Waals surface area contributed by atoms with Crippen LogP contribution in [0, 0.1) is 0 Å². The largest absolute Gasteiger partial charge is 0.397 e. The van der Waals surface area contributed by atoms with Crippen molar-refractivity contribution in [1.82, 2.24) is 5.32 Å². The number of carbonyl (C=O) groups excluding carboxylic acids is 1. The van der Waals surface area contributed by atoms with Crippen LogP contribution in [-0.2, 0) is 11.2 Å². The van der Waals surface area contributed by atoms with Crippen molar-refractivity contribution >= 4 is 17.2 Å². The quantitative estimate of drug-likeness (QED) is 0.597. The minimum atomic E-state index is -0.156. The van der Waals surface area contributed by atoms with Crippen molar-refractivity contribution in [2.24, 2.45) is 5.73 Å². The molecule has 1 aliphatic carbocycles. The molecular weight excluding hydrogens is 368 g/mol. The maximum absolute atomic E-state index is 13.4. The van der Waals surface area contributed by atoms with Crippen molar-refractivity contribution < 1.29 is 4.79 Å². The Balaban J connectivity index is 2.10. The predicted molar refractivity (Wildman–Crippen MR) is 126 cm³/mol. The van der Waals surface area contributed by atoms with E-state index >= 15 is 0 Å². The molecule has 3 N–H and O–H groups in total. The van der Waals surface area contributed by atoms with Crippen LogP contribution in [-0.4, -0.2) is 12.3 Å². The molecule has 30 heavy (non-hydrogen) atoms. The van der Waals surface area contributed by atoms with Gasteiger partial charge < -0.3 is 11.1 Å². The zero-order chi connectivity index (χ0) is 21.5. The second-order valence-electron chi connectivity index (χ2n) is 7.75. The molecule has 0 aromatic heterocycles. The van der Waals surface area contributed by atoms with Gasteiger partial charge in [-0.05, 0) is 49.3 Å². The molecule has 0 saturated carbocycles. The molecule has 1 atom stereocenters. The zero-order valence-corrected chi connectivity index (χ0v) is 18.1. The minimum absolute atomic E-state index is 0.156. The van der Waals surface area contributed by atoms with E-state index in [1.165, 1.54) is 5.56 Å². The average Bonchev–Trinajstić information content (AvgIpc) is 2.82. The smallest absolute Gasteiger partial charge is 0.140 e. The number of aryl methyl sites for hydroxylation is 1. The van der Waals surface area contributed by atoms with Crippen LogP contribution in [0.1, 0.15) is 67.7 Å². The van der Waals surface area contributed by atoms with E-state index in [2.05, 4.69) is 55.7 Å². The van der Waals surface area contributed by atoms with E-state index in [4.69, 9.17) is 5.73 Å². The molecule has 156 valence electrons. The normalized spacial score (nSPS) is 18.1. The highest BCUT2D eigenvalue weighted by Crippen LogP contribution is 2.36. The van der Waals surface area contributed by atoms with Gasteiger partial charge in [-0.25, -0.2) is 0 Å². The van der Waals surface area contributed by atoms with Gasteiger partial charge in [0.1, 0.15) is 5.78 Å². The van der Waals surface area contributed by atoms with Crippen LogP contribution in [0.3, 0.4) is 0 Å². The van der Waals surface area contributed by atoms with Gasteiger partial charge in [-0.3, -0.25) is 4.79 Å². The van der Waals surface area contributed by atoms with Crippen molar-refractivity contribution in [3.63, 3.8) is 0 Å². The summed E-state index contributed by atoms with van der Waals surface area (Å²) in [7, 11) is 0. The van der Waals surface area contributed by atoms with Crippen LogP contribution in [0.15, 0.2) is 66.4 Å². The SMILES string of the molecule is C=C=C(CC)CCC(=O)[C@H]1CCc2ccccc2/C(N)=C(/NCC)c2ccccc21. The Hall–Kier alpha value is -3.03. The molecule has 0 radical (unpaired) electrons. The summed E-state index contributed by atoms with van der Waals surface area (Å²) in [6.07, 6.45) is 3.72. The third-order valence-electron chi connectivity index (χ3n) is 5.98. The fourth-order valence-corrected chi connectivity index (χ4v) is 4.30. The number of carbonyl (C=O) groups is 1. The number of Topliss-reactive ketones (excluding diaryl/α,β-unsaturated/α-hetero) is 1. The molecule has 0 bridgehead atoms. The van der Waals surface area contributed by atoms with Crippen LogP contribution in [0.4, 0.5) is 0 Å². The zero-order valence-electron chi connectivity index (χ0n) is 18.1. The molecule has 3 heteroatoms. The number of nitrogens with one attached hydrogen (secondary N) is 1. The third-order valence-corrected chi connectivity index (χ3v) is 5.98. The molecule has 3 nitrogen and oxygen atoms in total. The summed E-state index contributed by atoms with van der Waals surface area (Å²) in [5.41, 5.74) is 16.8. The number of allylic oxidation sites excluding steroid dienone is 1. The maximum Gasteiger partial charge on any atom is 0.140 e. The molecule has 0 spiro atoms. The van der Waals surface area contributed by atoms with Gasteiger partial charge in [-0.15, -0.1) is 5.73 Å². The van der Waals surface area contributed by atoms with E-state index in [1.54, 1.807) is 0 Å². The van der Waals surface area contributed by atoms with Crippen molar-refractivity contribution in [2.45, 2.75) is 51.9 Å². The average molecular weight is 401 g/mol. The van der Waals surface area contributed by atoms with Crippen LogP contribution in [0.5, 0.6) is 0 Å². The van der Waals surface area contributed by atoms with E-state index in [0.717, 1.165) is 65.9 Å². The number of hydrogen-bond donors (Lipinski definition) is 2. The van der Waals surface area contributed by atoms with Crippen molar-refractivity contribution in [1.29, 1.82) is 0 Å². The lowest BCUT2D eigenvalue weighted by molar-refractivity contribution is -0.120. The first-order valence-electron chi connectivity index (χ1n) is 10.9. The Labute approximate surface area is 180 Å². The predicted octanol–water partition coefficient (Wildman–Crippen LogP) is 5.58. The lowest BCUT2D eigenvalue weighted by Crippen LogP contribution is -2.20. The number of hydrogen-bond acceptors (Lipinski definition) is 3. The monoisotopic (exact) mass is 400 g/mol. The Morgan fingerprint density at radius 3 is 2.50 bits per heavy atom. The topological polar surface area (TPSA) is 55.1 Å². The van der Waals surface area contributed by atoms with Gasteiger partial charge in [0.05, 0.1) is 11.4 Å². The van der Waals surface area contributed by atoms with Gasteiger partial charge in [0.25, 0.3) is 0 Å². The van der Waals surface area contributed by atoms with Crippen LogP contribution in [0.25, 0.3) is 11.4 Å². The number of rotatable bonds is 7. The highest BCUT2D eigenvalue weighted by atomic mass is 16.1. The summed E-state index contributed by atoms with van der Waals surface area (Å²) in [6.45, 7) is 8.67. The van der Waals surface area contributed by atoms with Gasteiger partial charge in [0, 0.05) is 30.0 Å². The van der Waals surface area contributed by atoms with E-state index < -0.39 is 0 Å². The number of benzene rings is 2. The number of fused-ring (bicyclic) bond motifs is 2. The second-order valence-corrected chi connectivity index (χ2v) is 7.75. The Morgan fingerprint density at radius 2 is 1.80 bits per heavy atom. The maximum atomic E-state index is 13.4. The summed E-state index contributed by atoms with van der Waals surface area (Å²) in [5.74, 6) is 0.120. The summed E-state index contributed by atoms with van der Waals surface area (Å²) >= 11 is 0. The molecule has 1 aliphatic rings. The molecule has 0 heterocycles. The van der Waals surface area contributed by atoms with Gasteiger partial charge >= 0.3 is 0 Å². The summed E-state index contributed by atoms with van der Waals surface area (Å²) in [5, 5.41) is 3.48. The second kappa shape index (κ2) is 10.1. The molecule has 2 aromatic rings. The fraction of sp³-hybridized carbons (Fsp3) is 0.333. The highest BCUT2D eigenvalue weighted by molar-refractivity contribution is 5.93. The molecule has 0 amide bonds. The summed E-state index contributed by atoms with van der Waals surface area (Å²) in [6, 6.07) is 16.5. The van der Waals surface area contributed by atoms with E-state index in [-0.39, 0.29) is 11.7 Å². The van der Waals surface area contributed by atoms with Crippen LogP contribution in [0.2, 0.25) is 0 Å². The molecular formula is C27H32N2O. The molecule has 0 saturated heterocycles. The molecule has 2 aromatic carbocycles. The van der Waals surface area contributed by atoms with Crippen molar-refractivity contribution in [3.8, 4) is 0 Å². The van der Waals surface area contributed by atoms with E-state index in [9.17, 15) is 4.79 Å². The Kier molecular flexibility index (Phi) is 7.32. The first-order chi connectivity index (χ1) is 14.6.